The van der Waals surface area contributed by atoms with Crippen LogP contribution in [-0.2, 0) is 0 Å². The first kappa shape index (κ1) is 40.5. The molecule has 0 aliphatic carbocycles. The highest BCUT2D eigenvalue weighted by Gasteiger charge is 2.23. The molecule has 0 fully saturated rings. The smallest absolute Gasteiger partial charge is 0.0561 e. The van der Waals surface area contributed by atoms with Crippen LogP contribution in [-0.4, -0.2) is 4.57 Å². The molecule has 2 heteroatoms. The van der Waals surface area contributed by atoms with Gasteiger partial charge in [-0.3, -0.25) is 0 Å². The third kappa shape index (κ3) is 7.54. The van der Waals surface area contributed by atoms with Gasteiger partial charge in [0.25, 0.3) is 0 Å². The highest BCUT2D eigenvalue weighted by Crippen LogP contribution is 2.47. The molecule has 0 saturated heterocycles. The number of hydrogen-bond donors (Lipinski definition) is 0. The Hall–Kier alpha value is -8.98. The van der Waals surface area contributed by atoms with Gasteiger partial charge >= 0.3 is 0 Å². The van der Waals surface area contributed by atoms with E-state index in [1.807, 2.05) is 0 Å². The van der Waals surface area contributed by atoms with Crippen LogP contribution in [0.3, 0.4) is 0 Å². The number of benzene rings is 11. The Labute approximate surface area is 397 Å². The number of fused-ring (bicyclic) bond motifs is 3. The maximum absolute atomic E-state index is 2.48. The van der Waals surface area contributed by atoms with Crippen molar-refractivity contribution in [3.63, 3.8) is 0 Å². The second-order valence-corrected chi connectivity index (χ2v) is 17.3. The first-order chi connectivity index (χ1) is 33.7. The highest BCUT2D eigenvalue weighted by molar-refractivity contribution is 6.10. The molecular formula is C66H46N2. The van der Waals surface area contributed by atoms with E-state index in [2.05, 4.69) is 289 Å². The molecular weight excluding hydrogens is 821 g/mol. The largest absolute Gasteiger partial charge is 0.310 e. The SMILES string of the molecule is c1ccc(-c2ccc(-c3ccccc3N(c3cc(-c4ccccc4-c4ccccc4)cc(-c4ccccc4-c4ccccc4)c3)c3ccc4c5ccccc5n(-c5ccccc5)c4c3)cc2)cc1. The van der Waals surface area contributed by atoms with Crippen molar-refractivity contribution < 1.29 is 0 Å². The van der Waals surface area contributed by atoms with Crippen LogP contribution >= 0.6 is 0 Å². The molecule has 0 aliphatic rings. The molecule has 0 saturated carbocycles. The Morgan fingerprint density at radius 2 is 0.647 bits per heavy atom. The van der Waals surface area contributed by atoms with E-state index < -0.39 is 0 Å². The summed E-state index contributed by atoms with van der Waals surface area (Å²) in [6.45, 7) is 0. The van der Waals surface area contributed by atoms with Crippen LogP contribution in [0.15, 0.2) is 279 Å². The maximum Gasteiger partial charge on any atom is 0.0561 e. The molecule has 0 radical (unpaired) electrons. The maximum atomic E-state index is 2.48. The third-order valence-corrected chi connectivity index (χ3v) is 13.2. The minimum atomic E-state index is 1.05. The minimum absolute atomic E-state index is 1.05. The van der Waals surface area contributed by atoms with Crippen molar-refractivity contribution in [3.8, 4) is 72.4 Å². The number of aromatic nitrogens is 1. The molecule has 0 N–H and O–H groups in total. The summed E-state index contributed by atoms with van der Waals surface area (Å²) < 4.78 is 2.41. The molecule has 0 bridgehead atoms. The molecule has 0 aliphatic heterocycles. The van der Waals surface area contributed by atoms with Crippen LogP contribution in [0.5, 0.6) is 0 Å². The molecule has 11 aromatic carbocycles. The summed E-state index contributed by atoms with van der Waals surface area (Å²) in [6, 6.07) is 101. The van der Waals surface area contributed by atoms with Crippen molar-refractivity contribution >= 4 is 38.9 Å². The summed E-state index contributed by atoms with van der Waals surface area (Å²) in [5.74, 6) is 0. The monoisotopic (exact) mass is 866 g/mol. The number of para-hydroxylation sites is 3. The van der Waals surface area contributed by atoms with Crippen LogP contribution in [0, 0.1) is 0 Å². The Morgan fingerprint density at radius 1 is 0.235 bits per heavy atom. The molecule has 1 heterocycles. The zero-order chi connectivity index (χ0) is 45.2. The van der Waals surface area contributed by atoms with E-state index in [1.54, 1.807) is 0 Å². The predicted molar refractivity (Wildman–Crippen MR) is 288 cm³/mol. The van der Waals surface area contributed by atoms with Crippen LogP contribution in [0.4, 0.5) is 17.1 Å². The summed E-state index contributed by atoms with van der Waals surface area (Å²) in [5.41, 5.74) is 20.6. The van der Waals surface area contributed by atoms with Gasteiger partial charge in [-0.25, -0.2) is 0 Å². The number of anilines is 3. The van der Waals surface area contributed by atoms with Gasteiger partial charge in [-0.15, -0.1) is 0 Å². The summed E-state index contributed by atoms with van der Waals surface area (Å²) in [4.78, 5) is 2.48. The lowest BCUT2D eigenvalue weighted by Gasteiger charge is -2.29. The van der Waals surface area contributed by atoms with E-state index >= 15 is 0 Å². The average molecular weight is 867 g/mol. The molecule has 0 amide bonds. The molecule has 0 atom stereocenters. The molecule has 12 rings (SSSR count). The molecule has 12 aromatic rings. The lowest BCUT2D eigenvalue weighted by atomic mass is 9.89. The molecule has 68 heavy (non-hydrogen) atoms. The Balaban J connectivity index is 1.14. The average Bonchev–Trinajstić information content (AvgIpc) is 3.76. The van der Waals surface area contributed by atoms with Gasteiger partial charge in [-0.05, 0) is 116 Å². The van der Waals surface area contributed by atoms with E-state index in [0.29, 0.717) is 0 Å². The van der Waals surface area contributed by atoms with Gasteiger partial charge in [0.15, 0.2) is 0 Å². The lowest BCUT2D eigenvalue weighted by molar-refractivity contribution is 1.18. The molecule has 320 valence electrons. The summed E-state index contributed by atoms with van der Waals surface area (Å²) in [7, 11) is 0. The lowest BCUT2D eigenvalue weighted by Crippen LogP contribution is -2.12. The van der Waals surface area contributed by atoms with Crippen LogP contribution in [0.25, 0.3) is 94.3 Å². The first-order valence-corrected chi connectivity index (χ1v) is 23.3. The van der Waals surface area contributed by atoms with Gasteiger partial charge in [0.05, 0.1) is 16.7 Å². The fourth-order valence-electron chi connectivity index (χ4n) is 10.0. The van der Waals surface area contributed by atoms with Crippen molar-refractivity contribution in [2.24, 2.45) is 0 Å². The van der Waals surface area contributed by atoms with Gasteiger partial charge in [-0.1, -0.05) is 224 Å². The second kappa shape index (κ2) is 17.8. The molecule has 1 aromatic heterocycles. The van der Waals surface area contributed by atoms with Crippen LogP contribution in [0.2, 0.25) is 0 Å². The Morgan fingerprint density at radius 3 is 1.24 bits per heavy atom. The van der Waals surface area contributed by atoms with Crippen molar-refractivity contribution in [2.75, 3.05) is 4.90 Å². The number of hydrogen-bond acceptors (Lipinski definition) is 1. The van der Waals surface area contributed by atoms with Crippen molar-refractivity contribution in [2.45, 2.75) is 0 Å². The fourth-order valence-corrected chi connectivity index (χ4v) is 10.0. The quantitative estimate of drug-likeness (QED) is 0.133. The molecule has 0 spiro atoms. The summed E-state index contributed by atoms with van der Waals surface area (Å²) >= 11 is 0. The van der Waals surface area contributed by atoms with E-state index in [0.717, 1.165) is 50.5 Å². The summed E-state index contributed by atoms with van der Waals surface area (Å²) in [5, 5.41) is 2.43. The van der Waals surface area contributed by atoms with Gasteiger partial charge in [-0.2, -0.15) is 0 Å². The van der Waals surface area contributed by atoms with Crippen molar-refractivity contribution in [1.82, 2.24) is 4.57 Å². The molecule has 2 nitrogen and oxygen atoms in total. The Bertz CT molecular complexity index is 3600. The number of nitrogens with zero attached hydrogens (tertiary/aromatic N) is 2. The minimum Gasteiger partial charge on any atom is -0.310 e. The topological polar surface area (TPSA) is 8.17 Å². The number of rotatable bonds is 10. The molecule has 0 unspecified atom stereocenters. The van der Waals surface area contributed by atoms with Crippen LogP contribution in [0.1, 0.15) is 0 Å². The van der Waals surface area contributed by atoms with Crippen molar-refractivity contribution in [3.05, 3.63) is 279 Å². The zero-order valence-corrected chi connectivity index (χ0v) is 37.5. The van der Waals surface area contributed by atoms with Crippen molar-refractivity contribution in [1.29, 1.82) is 0 Å². The van der Waals surface area contributed by atoms with E-state index in [-0.39, 0.29) is 0 Å². The Kier molecular flexibility index (Phi) is 10.6. The standard InChI is InChI=1S/C66H46N2/c1-5-21-47(22-6-1)48-37-39-51(40-38-48)61-33-17-19-35-64(61)67(55-41-42-63-62-34-18-20-36-65(62)68(66(63)46-55)54-27-11-4-12-28-54)56-44-52(59-31-15-13-29-57(59)49-23-7-2-8-24-49)43-53(45-56)60-32-16-14-30-58(60)50-25-9-3-10-26-50/h1-46H. The van der Waals surface area contributed by atoms with Gasteiger partial charge in [0.1, 0.15) is 0 Å². The predicted octanol–water partition coefficient (Wildman–Crippen LogP) is 18.3. The van der Waals surface area contributed by atoms with E-state index in [4.69, 9.17) is 0 Å². The second-order valence-electron chi connectivity index (χ2n) is 17.3. The first-order valence-electron chi connectivity index (χ1n) is 23.3. The van der Waals surface area contributed by atoms with Gasteiger partial charge < -0.3 is 9.47 Å². The van der Waals surface area contributed by atoms with E-state index in [1.165, 1.54) is 60.8 Å². The third-order valence-electron chi connectivity index (χ3n) is 13.2. The zero-order valence-electron chi connectivity index (χ0n) is 37.5. The summed E-state index contributed by atoms with van der Waals surface area (Å²) in [6.07, 6.45) is 0. The van der Waals surface area contributed by atoms with Gasteiger partial charge in [0, 0.05) is 33.4 Å². The highest BCUT2D eigenvalue weighted by atomic mass is 15.1. The van der Waals surface area contributed by atoms with Crippen LogP contribution < -0.4 is 4.90 Å². The fraction of sp³-hybridized carbons (Fsp3) is 0. The van der Waals surface area contributed by atoms with Gasteiger partial charge in [0.2, 0.25) is 0 Å². The normalized spacial score (nSPS) is 11.2. The van der Waals surface area contributed by atoms with E-state index in [9.17, 15) is 0 Å².